The smallest absolute Gasteiger partial charge is 0.185 e. The number of carbonyl (C=O) groups is 2. The number of aryl methyl sites for hydroxylation is 2. The molecule has 0 saturated heterocycles. The van der Waals surface area contributed by atoms with Gasteiger partial charge >= 0.3 is 0 Å². The molecule has 0 heterocycles. The molecule has 0 atom stereocenters. The molecule has 2 aromatic carbocycles. The van der Waals surface area contributed by atoms with E-state index in [9.17, 15) is 9.59 Å². The fourth-order valence-electron chi connectivity index (χ4n) is 2.12. The maximum atomic E-state index is 12.0. The Balaban J connectivity index is 2.07. The molecule has 0 aliphatic rings. The van der Waals surface area contributed by atoms with E-state index >= 15 is 0 Å². The van der Waals surface area contributed by atoms with Crippen LogP contribution in [0.4, 0.5) is 0 Å². The van der Waals surface area contributed by atoms with E-state index in [0.717, 1.165) is 23.0 Å². The van der Waals surface area contributed by atoms with Gasteiger partial charge in [0, 0.05) is 11.1 Å². The van der Waals surface area contributed by atoms with Crippen LogP contribution in [0.25, 0.3) is 0 Å². The molecule has 0 fully saturated rings. The number of allylic oxidation sites excluding steroid dienone is 2. The highest BCUT2D eigenvalue weighted by molar-refractivity contribution is 6.04. The second-order valence-corrected chi connectivity index (χ2v) is 5.16. The monoisotopic (exact) mass is 278 g/mol. The van der Waals surface area contributed by atoms with Gasteiger partial charge in [-0.1, -0.05) is 53.6 Å². The SMILES string of the molecule is Cc1ccc(C(=O)/C=C/Cc2ccc(C)cc2C=O)cc1. The molecule has 2 nitrogen and oxygen atoms in total. The molecule has 0 aromatic heterocycles. The highest BCUT2D eigenvalue weighted by Crippen LogP contribution is 2.11. The third kappa shape index (κ3) is 3.99. The molecule has 0 spiro atoms. The number of aldehydes is 1. The van der Waals surface area contributed by atoms with E-state index in [1.807, 2.05) is 56.3 Å². The second kappa shape index (κ2) is 6.80. The van der Waals surface area contributed by atoms with Gasteiger partial charge in [0.05, 0.1) is 0 Å². The van der Waals surface area contributed by atoms with E-state index in [0.29, 0.717) is 17.5 Å². The van der Waals surface area contributed by atoms with Gasteiger partial charge in [0.15, 0.2) is 5.78 Å². The lowest BCUT2D eigenvalue weighted by Gasteiger charge is -2.02. The van der Waals surface area contributed by atoms with Crippen molar-refractivity contribution in [1.29, 1.82) is 0 Å². The van der Waals surface area contributed by atoms with E-state index in [-0.39, 0.29) is 5.78 Å². The van der Waals surface area contributed by atoms with Crippen molar-refractivity contribution in [3.63, 3.8) is 0 Å². The lowest BCUT2D eigenvalue weighted by Crippen LogP contribution is -1.96. The lowest BCUT2D eigenvalue weighted by molar-refractivity contribution is 0.104. The Hall–Kier alpha value is -2.48. The van der Waals surface area contributed by atoms with Crippen LogP contribution in [0.15, 0.2) is 54.6 Å². The molecule has 0 N–H and O–H groups in total. The van der Waals surface area contributed by atoms with E-state index in [4.69, 9.17) is 0 Å². The first kappa shape index (κ1) is 14.9. The van der Waals surface area contributed by atoms with Crippen molar-refractivity contribution in [2.45, 2.75) is 20.3 Å². The Labute approximate surface area is 125 Å². The van der Waals surface area contributed by atoms with Gasteiger partial charge in [-0.2, -0.15) is 0 Å². The minimum absolute atomic E-state index is 0.0187. The highest BCUT2D eigenvalue weighted by Gasteiger charge is 2.02. The van der Waals surface area contributed by atoms with Crippen LogP contribution in [0.2, 0.25) is 0 Å². The summed E-state index contributed by atoms with van der Waals surface area (Å²) in [5.41, 5.74) is 4.48. The first-order chi connectivity index (χ1) is 10.1. The quantitative estimate of drug-likeness (QED) is 0.469. The Morgan fingerprint density at radius 1 is 1.00 bits per heavy atom. The fraction of sp³-hybridized carbons (Fsp3) is 0.158. The second-order valence-electron chi connectivity index (χ2n) is 5.16. The lowest BCUT2D eigenvalue weighted by atomic mass is 10.0. The van der Waals surface area contributed by atoms with Gasteiger partial charge in [0.25, 0.3) is 0 Å². The summed E-state index contributed by atoms with van der Waals surface area (Å²) < 4.78 is 0. The summed E-state index contributed by atoms with van der Waals surface area (Å²) in [6.07, 6.45) is 4.81. The molecule has 0 aliphatic carbocycles. The molecule has 0 unspecified atom stereocenters. The maximum Gasteiger partial charge on any atom is 0.185 e. The van der Waals surface area contributed by atoms with Crippen LogP contribution in [0.3, 0.4) is 0 Å². The molecule has 2 rings (SSSR count). The van der Waals surface area contributed by atoms with Crippen LogP contribution in [0.5, 0.6) is 0 Å². The fourth-order valence-corrected chi connectivity index (χ4v) is 2.12. The van der Waals surface area contributed by atoms with Crippen molar-refractivity contribution in [2.75, 3.05) is 0 Å². The molecule has 0 bridgehead atoms. The summed E-state index contributed by atoms with van der Waals surface area (Å²) in [7, 11) is 0. The van der Waals surface area contributed by atoms with Crippen molar-refractivity contribution in [3.05, 3.63) is 82.4 Å². The topological polar surface area (TPSA) is 34.1 Å². The standard InChI is InChI=1S/C19H18O2/c1-14-6-10-17(11-7-14)19(21)5-3-4-16-9-8-15(2)12-18(16)13-20/h3,5-13H,4H2,1-2H3/b5-3+. The molecular weight excluding hydrogens is 260 g/mol. The largest absolute Gasteiger partial charge is 0.298 e. The third-order valence-electron chi connectivity index (χ3n) is 3.37. The minimum Gasteiger partial charge on any atom is -0.298 e. The predicted molar refractivity (Wildman–Crippen MR) is 84.9 cm³/mol. The van der Waals surface area contributed by atoms with Crippen molar-refractivity contribution < 1.29 is 9.59 Å². The molecule has 0 aliphatic heterocycles. The Morgan fingerprint density at radius 2 is 1.67 bits per heavy atom. The molecule has 106 valence electrons. The Bertz CT molecular complexity index is 679. The first-order valence-corrected chi connectivity index (χ1v) is 6.92. The van der Waals surface area contributed by atoms with Crippen LogP contribution in [-0.4, -0.2) is 12.1 Å². The molecular formula is C19H18O2. The maximum absolute atomic E-state index is 12.0. The predicted octanol–water partition coefficient (Wildman–Crippen LogP) is 4.10. The van der Waals surface area contributed by atoms with Gasteiger partial charge in [-0.05, 0) is 38.0 Å². The van der Waals surface area contributed by atoms with Gasteiger partial charge in [0.1, 0.15) is 6.29 Å². The van der Waals surface area contributed by atoms with Gasteiger partial charge in [-0.3, -0.25) is 9.59 Å². The van der Waals surface area contributed by atoms with E-state index < -0.39 is 0 Å². The summed E-state index contributed by atoms with van der Waals surface area (Å²) in [4.78, 5) is 23.0. The number of rotatable bonds is 5. The number of hydrogen-bond acceptors (Lipinski definition) is 2. The highest BCUT2D eigenvalue weighted by atomic mass is 16.1. The van der Waals surface area contributed by atoms with Gasteiger partial charge in [0.2, 0.25) is 0 Å². The van der Waals surface area contributed by atoms with Crippen LogP contribution < -0.4 is 0 Å². The van der Waals surface area contributed by atoms with Crippen LogP contribution >= 0.6 is 0 Å². The summed E-state index contributed by atoms with van der Waals surface area (Å²) >= 11 is 0. The number of ketones is 1. The van der Waals surface area contributed by atoms with Gasteiger partial charge < -0.3 is 0 Å². The molecule has 21 heavy (non-hydrogen) atoms. The van der Waals surface area contributed by atoms with Crippen LogP contribution in [0, 0.1) is 13.8 Å². The van der Waals surface area contributed by atoms with Crippen molar-refractivity contribution in [2.24, 2.45) is 0 Å². The summed E-state index contributed by atoms with van der Waals surface area (Å²) in [5.74, 6) is -0.0187. The van der Waals surface area contributed by atoms with Crippen LogP contribution in [0.1, 0.15) is 37.4 Å². The van der Waals surface area contributed by atoms with Gasteiger partial charge in [-0.15, -0.1) is 0 Å². The van der Waals surface area contributed by atoms with E-state index in [2.05, 4.69) is 0 Å². The van der Waals surface area contributed by atoms with Crippen LogP contribution in [-0.2, 0) is 6.42 Å². The molecule has 0 amide bonds. The zero-order valence-electron chi connectivity index (χ0n) is 12.3. The van der Waals surface area contributed by atoms with E-state index in [1.165, 1.54) is 0 Å². The first-order valence-electron chi connectivity index (χ1n) is 6.92. The summed E-state index contributed by atoms with van der Waals surface area (Å²) in [5, 5.41) is 0. The van der Waals surface area contributed by atoms with Gasteiger partial charge in [-0.25, -0.2) is 0 Å². The zero-order chi connectivity index (χ0) is 15.2. The normalized spacial score (nSPS) is 10.8. The Kier molecular flexibility index (Phi) is 4.83. The average molecular weight is 278 g/mol. The number of hydrogen-bond donors (Lipinski definition) is 0. The average Bonchev–Trinajstić information content (AvgIpc) is 2.49. The van der Waals surface area contributed by atoms with Crippen molar-refractivity contribution in [3.8, 4) is 0 Å². The van der Waals surface area contributed by atoms with Crippen molar-refractivity contribution >= 4 is 12.1 Å². The summed E-state index contributed by atoms with van der Waals surface area (Å²) in [6.45, 7) is 3.94. The molecule has 0 saturated carbocycles. The van der Waals surface area contributed by atoms with Crippen molar-refractivity contribution in [1.82, 2.24) is 0 Å². The number of benzene rings is 2. The summed E-state index contributed by atoms with van der Waals surface area (Å²) in [6, 6.07) is 13.3. The Morgan fingerprint density at radius 3 is 2.33 bits per heavy atom. The number of carbonyl (C=O) groups excluding carboxylic acids is 2. The third-order valence-corrected chi connectivity index (χ3v) is 3.37. The zero-order valence-corrected chi connectivity index (χ0v) is 12.3. The molecule has 2 aromatic rings. The minimum atomic E-state index is -0.0187. The molecule has 2 heteroatoms. The molecule has 0 radical (unpaired) electrons. The van der Waals surface area contributed by atoms with E-state index in [1.54, 1.807) is 12.2 Å².